The highest BCUT2D eigenvalue weighted by Gasteiger charge is 2.56. The van der Waals surface area contributed by atoms with Crippen LogP contribution in [0.25, 0.3) is 0 Å². The van der Waals surface area contributed by atoms with Crippen molar-refractivity contribution in [3.05, 3.63) is 45.2 Å². The summed E-state index contributed by atoms with van der Waals surface area (Å²) in [6.45, 7) is 3.03. The minimum atomic E-state index is -2.95. The van der Waals surface area contributed by atoms with Crippen molar-refractivity contribution in [1.82, 2.24) is 9.55 Å². The Balaban J connectivity index is 1.88. The van der Waals surface area contributed by atoms with E-state index in [0.717, 1.165) is 0 Å². The van der Waals surface area contributed by atoms with Gasteiger partial charge in [0.2, 0.25) is 11.6 Å². The van der Waals surface area contributed by atoms with Crippen LogP contribution in [0.1, 0.15) is 51.4 Å². The van der Waals surface area contributed by atoms with Gasteiger partial charge in [-0.3, -0.25) is 14.4 Å². The van der Waals surface area contributed by atoms with Crippen molar-refractivity contribution in [3.8, 4) is 12.3 Å². The largest absolute Gasteiger partial charge is 0.343 e. The lowest BCUT2D eigenvalue weighted by molar-refractivity contribution is -0.146. The zero-order valence-corrected chi connectivity index (χ0v) is 19.1. The molecule has 1 aliphatic carbocycles. The first-order valence-electron chi connectivity index (χ1n) is 9.53. The number of anilines is 1. The summed E-state index contributed by atoms with van der Waals surface area (Å²) in [5.74, 6) is -3.98. The van der Waals surface area contributed by atoms with E-state index >= 15 is 0 Å². The van der Waals surface area contributed by atoms with Crippen molar-refractivity contribution in [2.75, 3.05) is 5.32 Å². The summed E-state index contributed by atoms with van der Waals surface area (Å²) in [6, 6.07) is 1.27. The first kappa shape index (κ1) is 23.7. The summed E-state index contributed by atoms with van der Waals surface area (Å²) in [5, 5.41) is 2.42. The Morgan fingerprint density at radius 2 is 1.94 bits per heavy atom. The number of rotatable bonds is 6. The maximum absolute atomic E-state index is 14.2. The molecule has 0 bridgehead atoms. The number of nitrogens with zero attached hydrogens (tertiary/aromatic N) is 2. The highest BCUT2D eigenvalue weighted by molar-refractivity contribution is 9.10. The highest BCUT2D eigenvalue weighted by atomic mass is 79.9. The normalized spacial score (nSPS) is 16.1. The van der Waals surface area contributed by atoms with E-state index in [1.54, 1.807) is 6.92 Å². The third-order valence-corrected chi connectivity index (χ3v) is 6.27. The molecule has 1 amide bonds. The van der Waals surface area contributed by atoms with Crippen LogP contribution >= 0.6 is 15.9 Å². The van der Waals surface area contributed by atoms with Gasteiger partial charge < -0.3 is 9.88 Å². The van der Waals surface area contributed by atoms with Gasteiger partial charge in [0.1, 0.15) is 10.3 Å². The van der Waals surface area contributed by atoms with Gasteiger partial charge in [0.15, 0.2) is 5.82 Å². The van der Waals surface area contributed by atoms with Crippen molar-refractivity contribution < 1.29 is 27.6 Å². The average Bonchev–Trinajstić information content (AvgIpc) is 2.91. The Hall–Kier alpha value is -2.93. The van der Waals surface area contributed by atoms with E-state index in [1.165, 1.54) is 30.8 Å². The number of amides is 1. The maximum atomic E-state index is 14.2. The highest BCUT2D eigenvalue weighted by Crippen LogP contribution is 2.53. The monoisotopic (exact) mass is 509 g/mol. The summed E-state index contributed by atoms with van der Waals surface area (Å²) in [4.78, 5) is 42.1. The fraction of sp³-hybridized carbons (Fsp3) is 0.364. The number of halogens is 4. The molecule has 3 rings (SSSR count). The van der Waals surface area contributed by atoms with Gasteiger partial charge >= 0.3 is 0 Å². The average molecular weight is 510 g/mol. The Kier molecular flexibility index (Phi) is 6.08. The zero-order valence-electron chi connectivity index (χ0n) is 17.5. The van der Waals surface area contributed by atoms with Gasteiger partial charge in [-0.1, -0.05) is 5.92 Å². The molecule has 168 valence electrons. The molecule has 0 spiro atoms. The van der Waals surface area contributed by atoms with Crippen molar-refractivity contribution in [3.63, 3.8) is 0 Å². The molecular formula is C22H19BrF3N3O3. The number of nitrogens with one attached hydrogen (secondary N) is 1. The minimum Gasteiger partial charge on any atom is -0.343 e. The molecule has 6 nitrogen and oxygen atoms in total. The van der Waals surface area contributed by atoms with E-state index in [-0.39, 0.29) is 27.1 Å². The maximum Gasteiger partial charge on any atom is 0.272 e. The number of hydrogen-bond donors (Lipinski definition) is 1. The van der Waals surface area contributed by atoms with Crippen LogP contribution in [0.3, 0.4) is 0 Å². The molecule has 0 radical (unpaired) electrons. The number of alkyl halides is 2. The Labute approximate surface area is 190 Å². The van der Waals surface area contributed by atoms with Crippen LogP contribution in [0, 0.1) is 37.4 Å². The van der Waals surface area contributed by atoms with Crippen LogP contribution in [0.4, 0.5) is 18.9 Å². The van der Waals surface area contributed by atoms with Crippen LogP contribution in [-0.2, 0) is 11.8 Å². The predicted octanol–water partition coefficient (Wildman–Crippen LogP) is 4.38. The lowest BCUT2D eigenvalue weighted by Crippen LogP contribution is -2.47. The van der Waals surface area contributed by atoms with Crippen molar-refractivity contribution in [1.29, 1.82) is 0 Å². The summed E-state index contributed by atoms with van der Waals surface area (Å²) < 4.78 is 42.2. The molecular weight excluding hydrogens is 491 g/mol. The molecule has 1 aliphatic rings. The summed E-state index contributed by atoms with van der Waals surface area (Å²) in [7, 11) is 1.52. The third-order valence-electron chi connectivity index (χ3n) is 5.72. The van der Waals surface area contributed by atoms with Crippen LogP contribution in [-0.4, -0.2) is 32.9 Å². The quantitative estimate of drug-likeness (QED) is 0.271. The van der Waals surface area contributed by atoms with Crippen LogP contribution < -0.4 is 5.32 Å². The van der Waals surface area contributed by atoms with Gasteiger partial charge in [-0.2, -0.15) is 0 Å². The molecule has 0 atom stereocenters. The topological polar surface area (TPSA) is 81.1 Å². The number of ketones is 2. The summed E-state index contributed by atoms with van der Waals surface area (Å²) >= 11 is 2.93. The number of aromatic nitrogens is 2. The van der Waals surface area contributed by atoms with Crippen LogP contribution in [0.5, 0.6) is 0 Å². The van der Waals surface area contributed by atoms with Gasteiger partial charge in [0, 0.05) is 43.6 Å². The van der Waals surface area contributed by atoms with Gasteiger partial charge in [-0.15, -0.1) is 6.42 Å². The van der Waals surface area contributed by atoms with E-state index in [9.17, 15) is 27.6 Å². The molecule has 2 aromatic rings. The summed E-state index contributed by atoms with van der Waals surface area (Å²) in [6.07, 6.45) is 4.86. The van der Waals surface area contributed by atoms with E-state index in [4.69, 9.17) is 6.42 Å². The lowest BCUT2D eigenvalue weighted by atomic mass is 9.63. The minimum absolute atomic E-state index is 0.00251. The molecule has 0 aliphatic heterocycles. The molecule has 0 unspecified atom stereocenters. The second kappa shape index (κ2) is 8.20. The van der Waals surface area contributed by atoms with Gasteiger partial charge in [-0.05, 0) is 41.4 Å². The first-order chi connectivity index (χ1) is 14.8. The van der Waals surface area contributed by atoms with Crippen molar-refractivity contribution in [2.45, 2.75) is 39.0 Å². The number of carbonyl (C=O) groups is 3. The molecule has 2 heterocycles. The van der Waals surface area contributed by atoms with Crippen LogP contribution in [0.2, 0.25) is 0 Å². The third kappa shape index (κ3) is 4.09. The summed E-state index contributed by atoms with van der Waals surface area (Å²) in [5.41, 5.74) is -0.885. The van der Waals surface area contributed by atoms with Gasteiger partial charge in [0.05, 0.1) is 11.3 Å². The zero-order chi connectivity index (χ0) is 24.0. The molecule has 2 aromatic heterocycles. The molecule has 1 fully saturated rings. The smallest absolute Gasteiger partial charge is 0.272 e. The molecule has 10 heteroatoms. The second-order valence-corrected chi connectivity index (χ2v) is 8.72. The van der Waals surface area contributed by atoms with Gasteiger partial charge in [-0.25, -0.2) is 18.2 Å². The predicted molar refractivity (Wildman–Crippen MR) is 114 cm³/mol. The number of pyridine rings is 1. The molecule has 0 saturated heterocycles. The fourth-order valence-corrected chi connectivity index (χ4v) is 4.41. The number of terminal acetylenes is 1. The first-order valence-corrected chi connectivity index (χ1v) is 10.3. The number of Topliss-reactive ketones (excluding diaryl/α,β-unsaturated/α-hetero) is 2. The second-order valence-electron chi connectivity index (χ2n) is 7.97. The molecule has 32 heavy (non-hydrogen) atoms. The Bertz CT molecular complexity index is 1190. The van der Waals surface area contributed by atoms with Gasteiger partial charge in [0.25, 0.3) is 11.8 Å². The Morgan fingerprint density at radius 1 is 1.31 bits per heavy atom. The van der Waals surface area contributed by atoms with E-state index in [0.29, 0.717) is 5.69 Å². The fourth-order valence-electron chi connectivity index (χ4n) is 4.07. The number of carbonyl (C=O) groups excluding carboxylic acids is 3. The van der Waals surface area contributed by atoms with E-state index < -0.39 is 53.9 Å². The van der Waals surface area contributed by atoms with Crippen molar-refractivity contribution >= 4 is 39.1 Å². The van der Waals surface area contributed by atoms with Crippen molar-refractivity contribution in [2.24, 2.45) is 12.5 Å². The van der Waals surface area contributed by atoms with E-state index in [2.05, 4.69) is 32.2 Å². The molecule has 0 aromatic carbocycles. The number of hydrogen-bond acceptors (Lipinski definition) is 4. The Morgan fingerprint density at radius 3 is 2.50 bits per heavy atom. The SMILES string of the molecule is C#CC1(CC(=O)C(=O)c2c(C)c(C(=O)Nc3ccnc(Br)c3F)n(C)c2C)CC(F)(F)C1. The molecule has 1 saturated carbocycles. The van der Waals surface area contributed by atoms with E-state index in [1.807, 2.05) is 0 Å². The van der Waals surface area contributed by atoms with Crippen LogP contribution in [0.15, 0.2) is 16.9 Å². The lowest BCUT2D eigenvalue weighted by Gasteiger charge is -2.43. The standard InChI is InChI=1S/C22H19BrF3N3O3/c1-5-21(9-22(25,26)10-21)8-14(30)18(31)15-11(2)17(29(4)12(15)3)20(32)28-13-6-7-27-19(23)16(13)24/h1,6-7H,8-10H2,2-4H3,(H,27,28,32). The molecule has 1 N–H and O–H groups in total.